The van der Waals surface area contributed by atoms with Gasteiger partial charge in [-0.25, -0.2) is 0 Å². The SMILES string of the molecule is CN(C)CCN(C)Cc1cccc2[nH]ccc12. The summed E-state index contributed by atoms with van der Waals surface area (Å²) in [6, 6.07) is 8.61. The molecule has 2 rings (SSSR count). The summed E-state index contributed by atoms with van der Waals surface area (Å²) in [5, 5.41) is 1.34. The molecule has 0 saturated carbocycles. The summed E-state index contributed by atoms with van der Waals surface area (Å²) in [7, 11) is 6.40. The zero-order valence-electron chi connectivity index (χ0n) is 10.9. The molecule has 0 aliphatic carbocycles. The minimum atomic E-state index is 1.00. The van der Waals surface area contributed by atoms with E-state index in [9.17, 15) is 0 Å². The number of hydrogen-bond donors (Lipinski definition) is 1. The van der Waals surface area contributed by atoms with Gasteiger partial charge in [0, 0.05) is 36.7 Å². The van der Waals surface area contributed by atoms with Crippen LogP contribution in [0.25, 0.3) is 10.9 Å². The summed E-state index contributed by atoms with van der Waals surface area (Å²) in [4.78, 5) is 7.84. The third-order valence-corrected chi connectivity index (χ3v) is 3.05. The maximum atomic E-state index is 3.26. The highest BCUT2D eigenvalue weighted by Gasteiger charge is 2.05. The van der Waals surface area contributed by atoms with Crippen molar-refractivity contribution in [2.45, 2.75) is 6.54 Å². The first kappa shape index (κ1) is 12.1. The second kappa shape index (κ2) is 5.34. The molecule has 0 bridgehead atoms. The minimum Gasteiger partial charge on any atom is -0.361 e. The summed E-state index contributed by atoms with van der Waals surface area (Å²) < 4.78 is 0. The van der Waals surface area contributed by atoms with E-state index in [-0.39, 0.29) is 0 Å². The van der Waals surface area contributed by atoms with Crippen LogP contribution in [0.3, 0.4) is 0 Å². The van der Waals surface area contributed by atoms with E-state index in [4.69, 9.17) is 0 Å². The molecule has 0 radical (unpaired) electrons. The van der Waals surface area contributed by atoms with Crippen LogP contribution >= 0.6 is 0 Å². The second-order valence-electron chi connectivity index (χ2n) is 4.90. The standard InChI is InChI=1S/C14H21N3/c1-16(2)9-10-17(3)11-12-5-4-6-14-13(12)7-8-15-14/h4-8,15H,9-11H2,1-3H3. The lowest BCUT2D eigenvalue weighted by molar-refractivity contribution is 0.277. The zero-order valence-corrected chi connectivity index (χ0v) is 10.9. The van der Waals surface area contributed by atoms with Crippen molar-refractivity contribution < 1.29 is 0 Å². The summed E-state index contributed by atoms with van der Waals surface area (Å²) >= 11 is 0. The van der Waals surface area contributed by atoms with Gasteiger partial charge in [-0.05, 0) is 38.8 Å². The summed E-state index contributed by atoms with van der Waals surface area (Å²) in [5.74, 6) is 0. The number of rotatable bonds is 5. The van der Waals surface area contributed by atoms with Gasteiger partial charge in [0.1, 0.15) is 0 Å². The fourth-order valence-corrected chi connectivity index (χ4v) is 2.03. The van der Waals surface area contributed by atoms with Gasteiger partial charge in [0.15, 0.2) is 0 Å². The molecule has 92 valence electrons. The molecule has 0 unspecified atom stereocenters. The van der Waals surface area contributed by atoms with Gasteiger partial charge in [0.05, 0.1) is 0 Å². The van der Waals surface area contributed by atoms with Gasteiger partial charge in [-0.3, -0.25) is 0 Å². The van der Waals surface area contributed by atoms with Gasteiger partial charge in [-0.1, -0.05) is 12.1 Å². The Hall–Kier alpha value is -1.32. The number of benzene rings is 1. The number of nitrogens with zero attached hydrogens (tertiary/aromatic N) is 2. The van der Waals surface area contributed by atoms with Gasteiger partial charge < -0.3 is 14.8 Å². The van der Waals surface area contributed by atoms with Crippen molar-refractivity contribution in [2.24, 2.45) is 0 Å². The molecular weight excluding hydrogens is 210 g/mol. The molecule has 0 spiro atoms. The van der Waals surface area contributed by atoms with Crippen molar-refractivity contribution in [2.75, 3.05) is 34.2 Å². The highest BCUT2D eigenvalue weighted by atomic mass is 15.1. The van der Waals surface area contributed by atoms with Gasteiger partial charge >= 0.3 is 0 Å². The van der Waals surface area contributed by atoms with Crippen molar-refractivity contribution in [3.63, 3.8) is 0 Å². The van der Waals surface area contributed by atoms with Gasteiger partial charge in [0.25, 0.3) is 0 Å². The predicted octanol–water partition coefficient (Wildman–Crippen LogP) is 2.16. The second-order valence-corrected chi connectivity index (χ2v) is 4.90. The van der Waals surface area contributed by atoms with Crippen LogP contribution in [0.5, 0.6) is 0 Å². The Morgan fingerprint density at radius 2 is 1.88 bits per heavy atom. The Morgan fingerprint density at radius 3 is 2.65 bits per heavy atom. The highest BCUT2D eigenvalue weighted by Crippen LogP contribution is 2.18. The summed E-state index contributed by atoms with van der Waals surface area (Å²) in [6.07, 6.45) is 2.01. The zero-order chi connectivity index (χ0) is 12.3. The molecule has 1 aromatic heterocycles. The molecule has 0 amide bonds. The van der Waals surface area contributed by atoms with Gasteiger partial charge in [0.2, 0.25) is 0 Å². The van der Waals surface area contributed by atoms with Crippen LogP contribution in [0.15, 0.2) is 30.5 Å². The van der Waals surface area contributed by atoms with E-state index in [1.54, 1.807) is 0 Å². The number of H-pyrrole nitrogens is 1. The largest absolute Gasteiger partial charge is 0.361 e. The maximum absolute atomic E-state index is 3.26. The van der Waals surface area contributed by atoms with E-state index < -0.39 is 0 Å². The summed E-state index contributed by atoms with van der Waals surface area (Å²) in [6.45, 7) is 3.19. The molecular formula is C14H21N3. The van der Waals surface area contributed by atoms with E-state index in [2.05, 4.69) is 60.2 Å². The number of likely N-dealkylation sites (N-methyl/N-ethyl adjacent to an activating group) is 2. The number of aromatic amines is 1. The quantitative estimate of drug-likeness (QED) is 0.852. The molecule has 17 heavy (non-hydrogen) atoms. The average molecular weight is 231 g/mol. The first-order valence-electron chi connectivity index (χ1n) is 6.05. The van der Waals surface area contributed by atoms with Crippen LogP contribution in [0.2, 0.25) is 0 Å². The van der Waals surface area contributed by atoms with Crippen molar-refractivity contribution in [1.29, 1.82) is 0 Å². The number of aromatic nitrogens is 1. The third-order valence-electron chi connectivity index (χ3n) is 3.05. The normalized spacial score (nSPS) is 11.8. The smallest absolute Gasteiger partial charge is 0.0457 e. The molecule has 1 N–H and O–H groups in total. The van der Waals surface area contributed by atoms with Crippen molar-refractivity contribution >= 4 is 10.9 Å². The molecule has 0 aliphatic heterocycles. The fourth-order valence-electron chi connectivity index (χ4n) is 2.03. The highest BCUT2D eigenvalue weighted by molar-refractivity contribution is 5.82. The third kappa shape index (κ3) is 3.08. The number of hydrogen-bond acceptors (Lipinski definition) is 2. The number of nitrogens with one attached hydrogen (secondary N) is 1. The Labute approximate surface area is 103 Å². The van der Waals surface area contributed by atoms with Crippen molar-refractivity contribution in [1.82, 2.24) is 14.8 Å². The Kier molecular flexibility index (Phi) is 3.82. The topological polar surface area (TPSA) is 22.3 Å². The van der Waals surface area contributed by atoms with E-state index >= 15 is 0 Å². The molecule has 0 fully saturated rings. The molecule has 0 saturated heterocycles. The maximum Gasteiger partial charge on any atom is 0.0457 e. The molecule has 3 heteroatoms. The molecule has 1 aromatic carbocycles. The lowest BCUT2D eigenvalue weighted by Gasteiger charge is -2.19. The van der Waals surface area contributed by atoms with Crippen LogP contribution in [0.1, 0.15) is 5.56 Å². The minimum absolute atomic E-state index is 1.00. The monoisotopic (exact) mass is 231 g/mol. The Balaban J connectivity index is 2.05. The lowest BCUT2D eigenvalue weighted by Crippen LogP contribution is -2.28. The van der Waals surface area contributed by atoms with Crippen molar-refractivity contribution in [3.05, 3.63) is 36.0 Å². The fraction of sp³-hybridized carbons (Fsp3) is 0.429. The summed E-state index contributed by atoms with van der Waals surface area (Å²) in [5.41, 5.74) is 2.62. The lowest BCUT2D eigenvalue weighted by atomic mass is 10.1. The van der Waals surface area contributed by atoms with Crippen LogP contribution in [-0.2, 0) is 6.54 Å². The number of fused-ring (bicyclic) bond motifs is 1. The van der Waals surface area contributed by atoms with E-state index in [0.717, 1.165) is 19.6 Å². The average Bonchev–Trinajstić information content (AvgIpc) is 2.75. The van der Waals surface area contributed by atoms with Crippen LogP contribution in [-0.4, -0.2) is 49.0 Å². The first-order chi connectivity index (χ1) is 8.16. The predicted molar refractivity (Wildman–Crippen MR) is 73.2 cm³/mol. The van der Waals surface area contributed by atoms with Gasteiger partial charge in [-0.2, -0.15) is 0 Å². The van der Waals surface area contributed by atoms with Crippen LogP contribution < -0.4 is 0 Å². The van der Waals surface area contributed by atoms with Crippen LogP contribution in [0, 0.1) is 0 Å². The van der Waals surface area contributed by atoms with Crippen LogP contribution in [0.4, 0.5) is 0 Å². The van der Waals surface area contributed by atoms with E-state index in [0.29, 0.717) is 0 Å². The molecule has 0 aliphatic rings. The van der Waals surface area contributed by atoms with Crippen molar-refractivity contribution in [3.8, 4) is 0 Å². The Bertz CT molecular complexity index is 473. The Morgan fingerprint density at radius 1 is 1.06 bits per heavy atom. The van der Waals surface area contributed by atoms with E-state index in [1.165, 1.54) is 16.5 Å². The van der Waals surface area contributed by atoms with Gasteiger partial charge in [-0.15, -0.1) is 0 Å². The molecule has 1 heterocycles. The molecule has 2 aromatic rings. The molecule has 0 atom stereocenters. The van der Waals surface area contributed by atoms with E-state index in [1.807, 2.05) is 6.20 Å². The molecule has 3 nitrogen and oxygen atoms in total. The first-order valence-corrected chi connectivity index (χ1v) is 6.05.